The third-order valence-electron chi connectivity index (χ3n) is 13.8. The normalized spacial score (nSPS) is 42.0. The van der Waals surface area contributed by atoms with Crippen LogP contribution >= 0.6 is 0 Å². The first-order chi connectivity index (χ1) is 37.4. The molecule has 80 heavy (non-hydrogen) atoms. The van der Waals surface area contributed by atoms with E-state index in [1.54, 1.807) is 0 Å². The van der Waals surface area contributed by atoms with E-state index in [1.807, 2.05) is 0 Å². The molecule has 27 atom stereocenters. The molecule has 0 saturated carbocycles. The lowest BCUT2D eigenvalue weighted by atomic mass is 9.87. The Morgan fingerprint density at radius 2 is 1.02 bits per heavy atom. The van der Waals surface area contributed by atoms with Crippen molar-refractivity contribution >= 4 is 35.6 Å². The summed E-state index contributed by atoms with van der Waals surface area (Å²) in [5.41, 5.74) is 0. The molecule has 0 aromatic rings. The van der Waals surface area contributed by atoms with E-state index in [1.165, 1.54) is 0 Å². The summed E-state index contributed by atoms with van der Waals surface area (Å²) < 4.78 is 56.3. The summed E-state index contributed by atoms with van der Waals surface area (Å²) in [5, 5.41) is 193. The molecule has 0 unspecified atom stereocenters. The molecule has 5 fully saturated rings. The maximum atomic E-state index is 13.8. The van der Waals surface area contributed by atoms with Crippen LogP contribution in [0.5, 0.6) is 0 Å². The molecule has 0 aromatic carbocycles. The van der Waals surface area contributed by atoms with E-state index in [2.05, 4.69) is 16.0 Å². The van der Waals surface area contributed by atoms with Crippen LogP contribution in [0.4, 0.5) is 0 Å². The minimum atomic E-state index is -3.55. The molecule has 0 bridgehead atoms. The zero-order valence-electron chi connectivity index (χ0n) is 43.0. The van der Waals surface area contributed by atoms with Gasteiger partial charge in [0.1, 0.15) is 116 Å². The number of carboxylic acids is 2. The lowest BCUT2D eigenvalue weighted by Crippen LogP contribution is -2.72. The van der Waals surface area contributed by atoms with Gasteiger partial charge in [-0.1, -0.05) is 0 Å². The molecule has 5 aliphatic heterocycles. The molecule has 5 saturated heterocycles. The molecular formula is C44H71N3O33. The molecule has 5 aliphatic rings. The Balaban J connectivity index is 1.61. The van der Waals surface area contributed by atoms with Crippen molar-refractivity contribution in [2.45, 2.75) is 205 Å². The highest BCUT2D eigenvalue weighted by Gasteiger charge is 2.63. The topological polar surface area (TPSA) is 575 Å². The fourth-order valence-electron chi connectivity index (χ4n) is 9.84. The Morgan fingerprint density at radius 3 is 1.52 bits per heavy atom. The number of carbonyl (C=O) groups excluding carboxylic acids is 4. The third-order valence-corrected chi connectivity index (χ3v) is 13.8. The third kappa shape index (κ3) is 14.8. The van der Waals surface area contributed by atoms with Crippen molar-refractivity contribution in [2.75, 3.05) is 33.0 Å². The zero-order valence-corrected chi connectivity index (χ0v) is 43.0. The minimum absolute atomic E-state index is 0.874. The minimum Gasteiger partial charge on any atom is -0.477 e. The summed E-state index contributed by atoms with van der Waals surface area (Å²) in [4.78, 5) is 75.7. The Morgan fingerprint density at radius 1 is 0.550 bits per heavy atom. The van der Waals surface area contributed by atoms with Crippen LogP contribution in [0.1, 0.15) is 40.5 Å². The van der Waals surface area contributed by atoms with Crippen molar-refractivity contribution in [3.05, 3.63) is 0 Å². The second kappa shape index (κ2) is 28.0. The molecule has 0 aliphatic carbocycles. The van der Waals surface area contributed by atoms with E-state index in [0.717, 1.165) is 27.7 Å². The molecular weight excluding hydrogens is 1100 g/mol. The van der Waals surface area contributed by atoms with Gasteiger partial charge in [-0.25, -0.2) is 9.59 Å². The first-order valence-corrected chi connectivity index (χ1v) is 24.7. The fraction of sp³-hybridized carbons (Fsp3) is 0.864. The number of nitrogens with one attached hydrogen (secondary N) is 3. The molecule has 5 rings (SSSR count). The van der Waals surface area contributed by atoms with Gasteiger partial charge in [0, 0.05) is 40.5 Å². The quantitative estimate of drug-likeness (QED) is 0.0423. The van der Waals surface area contributed by atoms with E-state index < -0.39 is 246 Å². The Kier molecular flexibility index (Phi) is 23.3. The molecule has 36 nitrogen and oxygen atoms in total. The van der Waals surface area contributed by atoms with Crippen molar-refractivity contribution in [2.24, 2.45) is 0 Å². The first-order valence-electron chi connectivity index (χ1n) is 24.7. The summed E-state index contributed by atoms with van der Waals surface area (Å²) in [6, 6.07) is -5.62. The number of esters is 1. The van der Waals surface area contributed by atoms with Crippen molar-refractivity contribution < 1.29 is 163 Å². The van der Waals surface area contributed by atoms with Crippen LogP contribution in [-0.4, -0.2) is 320 Å². The molecule has 460 valence electrons. The van der Waals surface area contributed by atoms with Crippen LogP contribution in [0, 0.1) is 0 Å². The van der Waals surface area contributed by atoms with Crippen LogP contribution in [-0.2, 0) is 76.1 Å². The number of hydrogen-bond donors (Lipinski definition) is 20. The Labute approximate surface area is 452 Å². The van der Waals surface area contributed by atoms with Gasteiger partial charge in [-0.2, -0.15) is 0 Å². The number of amides is 3. The molecule has 3 amide bonds. The van der Waals surface area contributed by atoms with Gasteiger partial charge in [-0.05, 0) is 0 Å². The molecule has 0 spiro atoms. The van der Waals surface area contributed by atoms with Gasteiger partial charge in [0.2, 0.25) is 17.7 Å². The second-order valence-electron chi connectivity index (χ2n) is 19.6. The first kappa shape index (κ1) is 66.7. The van der Waals surface area contributed by atoms with Gasteiger partial charge in [0.25, 0.3) is 11.6 Å². The highest BCUT2D eigenvalue weighted by atomic mass is 16.8. The summed E-state index contributed by atoms with van der Waals surface area (Å²) >= 11 is 0. The summed E-state index contributed by atoms with van der Waals surface area (Å²) in [5.74, 6) is -15.1. The van der Waals surface area contributed by atoms with E-state index >= 15 is 0 Å². The van der Waals surface area contributed by atoms with Gasteiger partial charge in [-0.3, -0.25) is 19.2 Å². The Hall–Kier alpha value is -4.14. The van der Waals surface area contributed by atoms with Gasteiger partial charge in [-0.15, -0.1) is 0 Å². The van der Waals surface area contributed by atoms with Crippen molar-refractivity contribution in [3.63, 3.8) is 0 Å². The van der Waals surface area contributed by atoms with Gasteiger partial charge < -0.3 is 150 Å². The predicted molar refractivity (Wildman–Crippen MR) is 245 cm³/mol. The number of ether oxygens (including phenoxy) is 10. The molecule has 20 N–H and O–H groups in total. The monoisotopic (exact) mass is 1170 g/mol. The molecule has 0 aromatic heterocycles. The summed E-state index contributed by atoms with van der Waals surface area (Å²) in [7, 11) is 0. The van der Waals surface area contributed by atoms with Gasteiger partial charge in [0.05, 0.1) is 50.7 Å². The summed E-state index contributed by atoms with van der Waals surface area (Å²) in [6.45, 7) is -2.13. The maximum Gasteiger partial charge on any atom is 0.364 e. The van der Waals surface area contributed by atoms with Crippen molar-refractivity contribution in [3.8, 4) is 0 Å². The van der Waals surface area contributed by atoms with Gasteiger partial charge >= 0.3 is 17.9 Å². The van der Waals surface area contributed by atoms with Crippen LogP contribution in [0.3, 0.4) is 0 Å². The molecule has 0 radical (unpaired) electrons. The standard InChI is InChI=1S/C44H71N3O33/c1-12(52)45-23-16(56)5-43(41(67)68,78-35(23)26(59)18(58)11-71-15(4)55)77-20(8-49)28(61)36-24(46-13(2)53)17(57)6-44(79-36,42(69)70)80-37-32(65)40(75-33-21(9-50)72-38(66)31(64)30(33)63)74-22(10-51)34(37)76-39-25(47-14(3)54)29(62)27(60)19(7-48)73-39/h16-40,48-51,56-66H,5-11H2,1-4H3,(H,45,52)(H,46,53)(H,47,54)(H,67,68)(H,69,70)/t16-,17-,18+,19+,20+,21+,22+,23+,24+,25+,26+,27-,28+,29+,30+,31+,32+,33+,34-,35+,36+,37+,38+,39-,40-,43+,44-/m0/s1. The maximum absolute atomic E-state index is 13.8. The Bertz CT molecular complexity index is 2120. The van der Waals surface area contributed by atoms with Crippen molar-refractivity contribution in [1.29, 1.82) is 0 Å². The van der Waals surface area contributed by atoms with Crippen LogP contribution in [0.15, 0.2) is 0 Å². The SMILES string of the molecule is CC(=O)N[C@H]1[C@H](O[C@@H]2[C@H](O[C@]3(C(=O)O)C[C@H](O)[C@@H](NC(C)=O)[C@H]([C@H](O)[C@@H](CO)O[C@]4(C(=O)O)C[C@H](O)[C@@H](NC(C)=O)[C@H]([C@H](O)[C@H](O)COC(C)=O)O4)O3)[C@@H](O)[C@H](O[C@H]3[C@H](O)[C@@H](O)[C@H](O)O[C@@H]3CO)O[C@@H]2CO)O[C@H](CO)[C@H](O)[C@@H]1O. The fourth-order valence-corrected chi connectivity index (χ4v) is 9.84. The number of rotatable bonds is 23. The zero-order chi connectivity index (χ0) is 60.0. The number of aliphatic hydroxyl groups excluding tert-OH is 15. The molecule has 36 heteroatoms. The van der Waals surface area contributed by atoms with E-state index in [4.69, 9.17) is 47.4 Å². The highest BCUT2D eigenvalue weighted by molar-refractivity contribution is 5.77. The lowest BCUT2D eigenvalue weighted by molar-refractivity contribution is -0.401. The van der Waals surface area contributed by atoms with Crippen molar-refractivity contribution in [1.82, 2.24) is 16.0 Å². The highest BCUT2D eigenvalue weighted by Crippen LogP contribution is 2.42. The van der Waals surface area contributed by atoms with Crippen LogP contribution in [0.25, 0.3) is 0 Å². The number of carboxylic acid groups (broad SMARTS) is 2. The van der Waals surface area contributed by atoms with Gasteiger partial charge in [0.15, 0.2) is 18.9 Å². The van der Waals surface area contributed by atoms with Crippen LogP contribution < -0.4 is 16.0 Å². The number of aliphatic hydroxyl groups is 15. The average molecular weight is 1170 g/mol. The molecule has 5 heterocycles. The predicted octanol–water partition coefficient (Wildman–Crippen LogP) is -12.5. The summed E-state index contributed by atoms with van der Waals surface area (Å²) in [6.07, 6.45) is -51.1. The number of carbonyl (C=O) groups is 6. The van der Waals surface area contributed by atoms with Crippen LogP contribution in [0.2, 0.25) is 0 Å². The largest absolute Gasteiger partial charge is 0.477 e. The lowest BCUT2D eigenvalue weighted by Gasteiger charge is -2.52. The number of hydrogen-bond acceptors (Lipinski definition) is 31. The number of aliphatic carboxylic acids is 2. The average Bonchev–Trinajstić information content (AvgIpc) is 3.45. The van der Waals surface area contributed by atoms with E-state index in [-0.39, 0.29) is 0 Å². The van der Waals surface area contributed by atoms with E-state index in [9.17, 15) is 116 Å². The second-order valence-corrected chi connectivity index (χ2v) is 19.6. The van der Waals surface area contributed by atoms with E-state index in [0.29, 0.717) is 0 Å². The smallest absolute Gasteiger partial charge is 0.364 e.